The predicted molar refractivity (Wildman–Crippen MR) is 131 cm³/mol. The molecule has 4 aromatic rings. The van der Waals surface area contributed by atoms with Crippen LogP contribution in [0.5, 0.6) is 0 Å². The van der Waals surface area contributed by atoms with Crippen molar-refractivity contribution < 1.29 is 14.6 Å². The van der Waals surface area contributed by atoms with E-state index in [0.717, 1.165) is 33.2 Å². The highest BCUT2D eigenvalue weighted by Gasteiger charge is 2.32. The summed E-state index contributed by atoms with van der Waals surface area (Å²) in [7, 11) is 0. The van der Waals surface area contributed by atoms with Crippen LogP contribution in [0.4, 0.5) is 0 Å². The van der Waals surface area contributed by atoms with Gasteiger partial charge in [-0.2, -0.15) is 0 Å². The molecule has 33 heavy (non-hydrogen) atoms. The van der Waals surface area contributed by atoms with Crippen molar-refractivity contribution in [3.63, 3.8) is 0 Å². The Bertz CT molecular complexity index is 1310. The van der Waals surface area contributed by atoms with Crippen LogP contribution < -0.4 is 0 Å². The monoisotopic (exact) mass is 460 g/mol. The molecular weight excluding hydrogens is 436 g/mol. The van der Waals surface area contributed by atoms with Gasteiger partial charge in [0.1, 0.15) is 0 Å². The number of benzene rings is 2. The van der Waals surface area contributed by atoms with Crippen LogP contribution in [0.3, 0.4) is 0 Å². The van der Waals surface area contributed by atoms with Gasteiger partial charge in [-0.05, 0) is 74.7 Å². The molecule has 2 aromatic heterocycles. The first-order valence-electron chi connectivity index (χ1n) is 10.7. The number of aliphatic carboxylic acids is 1. The maximum atomic E-state index is 12.4. The van der Waals surface area contributed by atoms with Gasteiger partial charge < -0.3 is 9.84 Å². The van der Waals surface area contributed by atoms with Crippen LogP contribution in [-0.4, -0.2) is 26.6 Å². The van der Waals surface area contributed by atoms with E-state index in [1.807, 2.05) is 70.2 Å². The zero-order valence-electron chi connectivity index (χ0n) is 19.0. The third kappa shape index (κ3) is 4.90. The fraction of sp³-hybridized carbons (Fsp3) is 0.222. The van der Waals surface area contributed by atoms with Gasteiger partial charge in [-0.1, -0.05) is 35.9 Å². The number of halogens is 1. The van der Waals surface area contributed by atoms with Gasteiger partial charge in [0, 0.05) is 39.6 Å². The fourth-order valence-electron chi connectivity index (χ4n) is 3.95. The minimum absolute atomic E-state index is 0.538. The number of pyridine rings is 2. The Morgan fingerprint density at radius 2 is 1.73 bits per heavy atom. The lowest BCUT2D eigenvalue weighted by atomic mass is 9.90. The van der Waals surface area contributed by atoms with E-state index < -0.39 is 17.7 Å². The highest BCUT2D eigenvalue weighted by atomic mass is 35.5. The summed E-state index contributed by atoms with van der Waals surface area (Å²) in [6.45, 7) is 7.35. The van der Waals surface area contributed by atoms with Crippen LogP contribution in [0.15, 0.2) is 67.0 Å². The first-order valence-corrected chi connectivity index (χ1v) is 11.0. The highest BCUT2D eigenvalue weighted by molar-refractivity contribution is 6.30. The molecule has 0 amide bonds. The number of hydrogen-bond acceptors (Lipinski definition) is 4. The van der Waals surface area contributed by atoms with Gasteiger partial charge in [-0.25, -0.2) is 4.79 Å². The van der Waals surface area contributed by atoms with Crippen LogP contribution in [0.2, 0.25) is 5.02 Å². The molecule has 0 bridgehead atoms. The molecule has 1 atom stereocenters. The number of ether oxygens (including phenoxy) is 1. The molecule has 5 nitrogen and oxygen atoms in total. The summed E-state index contributed by atoms with van der Waals surface area (Å²) in [6, 6.07) is 17.2. The number of nitrogens with zero attached hydrogens (tertiary/aromatic N) is 2. The summed E-state index contributed by atoms with van der Waals surface area (Å²) in [5.41, 5.74) is 4.80. The number of hydrogen-bond donors (Lipinski definition) is 1. The average molecular weight is 461 g/mol. The minimum atomic E-state index is -1.19. The SMILES string of the molecule is Cc1nc2ccc(-c3cccnc3)cc2c(-c2ccc(Cl)cc2)c1C(OC(C)(C)C)C(=O)O. The summed E-state index contributed by atoms with van der Waals surface area (Å²) in [6.07, 6.45) is 2.34. The third-order valence-electron chi connectivity index (χ3n) is 5.30. The van der Waals surface area contributed by atoms with E-state index in [9.17, 15) is 9.90 Å². The molecule has 4 rings (SSSR count). The zero-order chi connectivity index (χ0) is 23.8. The number of carboxylic acid groups (broad SMARTS) is 1. The van der Waals surface area contributed by atoms with Gasteiger partial charge in [0.25, 0.3) is 0 Å². The fourth-order valence-corrected chi connectivity index (χ4v) is 4.07. The lowest BCUT2D eigenvalue weighted by Crippen LogP contribution is -2.28. The van der Waals surface area contributed by atoms with Crippen molar-refractivity contribution in [1.29, 1.82) is 0 Å². The van der Waals surface area contributed by atoms with Crippen LogP contribution in [0, 0.1) is 6.92 Å². The molecule has 1 N–H and O–H groups in total. The molecule has 1 unspecified atom stereocenters. The molecule has 2 aromatic carbocycles. The third-order valence-corrected chi connectivity index (χ3v) is 5.55. The van der Waals surface area contributed by atoms with Crippen molar-refractivity contribution in [2.24, 2.45) is 0 Å². The van der Waals surface area contributed by atoms with Gasteiger partial charge in [0.05, 0.1) is 11.1 Å². The Balaban J connectivity index is 2.07. The van der Waals surface area contributed by atoms with Crippen LogP contribution in [0.1, 0.15) is 38.1 Å². The summed E-state index contributed by atoms with van der Waals surface area (Å²) in [5, 5.41) is 11.6. The Kier molecular flexibility index (Phi) is 6.19. The van der Waals surface area contributed by atoms with E-state index in [4.69, 9.17) is 21.3 Å². The number of rotatable bonds is 5. The second kappa shape index (κ2) is 8.93. The normalized spacial score (nSPS) is 12.6. The molecule has 6 heteroatoms. The molecule has 0 spiro atoms. The molecule has 0 saturated heterocycles. The lowest BCUT2D eigenvalue weighted by Gasteiger charge is -2.28. The maximum absolute atomic E-state index is 12.4. The molecule has 2 heterocycles. The van der Waals surface area contributed by atoms with Gasteiger partial charge >= 0.3 is 5.97 Å². The van der Waals surface area contributed by atoms with E-state index in [0.29, 0.717) is 16.3 Å². The van der Waals surface area contributed by atoms with Crippen molar-refractivity contribution >= 4 is 28.5 Å². The first kappa shape index (κ1) is 22.9. The second-order valence-electron chi connectivity index (χ2n) is 8.91. The first-order chi connectivity index (χ1) is 15.6. The van der Waals surface area contributed by atoms with Crippen LogP contribution >= 0.6 is 11.6 Å². The molecule has 0 saturated carbocycles. The van der Waals surface area contributed by atoms with Crippen molar-refractivity contribution in [2.75, 3.05) is 0 Å². The summed E-state index contributed by atoms with van der Waals surface area (Å²) in [4.78, 5) is 21.4. The standard InChI is InChI=1S/C27H25ClN2O3/c1-16-23(25(26(31)32)33-27(2,3)4)24(17-7-10-20(28)11-8-17)21-14-18(9-12-22(21)30-16)19-6-5-13-29-15-19/h5-15,25H,1-4H3,(H,31,32). The van der Waals surface area contributed by atoms with E-state index in [1.54, 1.807) is 24.5 Å². The van der Waals surface area contributed by atoms with Gasteiger partial charge in [-0.15, -0.1) is 0 Å². The van der Waals surface area contributed by atoms with Gasteiger partial charge in [0.15, 0.2) is 6.10 Å². The zero-order valence-corrected chi connectivity index (χ0v) is 19.7. The van der Waals surface area contributed by atoms with Crippen molar-refractivity contribution in [2.45, 2.75) is 39.4 Å². The number of carbonyl (C=O) groups is 1. The number of aryl methyl sites for hydroxylation is 1. The smallest absolute Gasteiger partial charge is 0.337 e. The van der Waals surface area contributed by atoms with Crippen molar-refractivity contribution in [3.05, 3.63) is 83.3 Å². The Morgan fingerprint density at radius 3 is 2.33 bits per heavy atom. The Hall–Kier alpha value is -3.28. The quantitative estimate of drug-likeness (QED) is 0.352. The number of fused-ring (bicyclic) bond motifs is 1. The summed E-state index contributed by atoms with van der Waals surface area (Å²) < 4.78 is 6.04. The minimum Gasteiger partial charge on any atom is -0.479 e. The van der Waals surface area contributed by atoms with E-state index in [2.05, 4.69) is 4.98 Å². The maximum Gasteiger partial charge on any atom is 0.337 e. The van der Waals surface area contributed by atoms with Gasteiger partial charge in [-0.3, -0.25) is 9.97 Å². The molecule has 168 valence electrons. The Labute approximate surface area is 198 Å². The molecule has 0 aliphatic carbocycles. The summed E-state index contributed by atoms with van der Waals surface area (Å²) in [5.74, 6) is -1.06. The van der Waals surface area contributed by atoms with E-state index in [1.165, 1.54) is 0 Å². The van der Waals surface area contributed by atoms with E-state index in [-0.39, 0.29) is 0 Å². The topological polar surface area (TPSA) is 72.3 Å². The van der Waals surface area contributed by atoms with Crippen molar-refractivity contribution in [1.82, 2.24) is 9.97 Å². The molecule has 0 fully saturated rings. The average Bonchev–Trinajstić information content (AvgIpc) is 2.77. The van der Waals surface area contributed by atoms with E-state index >= 15 is 0 Å². The number of carboxylic acids is 1. The lowest BCUT2D eigenvalue weighted by molar-refractivity contribution is -0.160. The molecule has 0 aliphatic heterocycles. The van der Waals surface area contributed by atoms with Crippen LogP contribution in [0.25, 0.3) is 33.2 Å². The highest BCUT2D eigenvalue weighted by Crippen LogP contribution is 2.40. The molecule has 0 radical (unpaired) electrons. The summed E-state index contributed by atoms with van der Waals surface area (Å²) >= 11 is 6.16. The Morgan fingerprint density at radius 1 is 1.03 bits per heavy atom. The predicted octanol–water partition coefficient (Wildman–Crippen LogP) is 6.87. The molecular formula is C27H25ClN2O3. The van der Waals surface area contributed by atoms with Crippen molar-refractivity contribution in [3.8, 4) is 22.3 Å². The largest absolute Gasteiger partial charge is 0.479 e. The van der Waals surface area contributed by atoms with Crippen LogP contribution in [-0.2, 0) is 9.53 Å². The second-order valence-corrected chi connectivity index (χ2v) is 9.35. The molecule has 0 aliphatic rings. The number of aromatic nitrogens is 2. The van der Waals surface area contributed by atoms with Gasteiger partial charge in [0.2, 0.25) is 0 Å².